The van der Waals surface area contributed by atoms with Gasteiger partial charge in [-0.05, 0) is 73.7 Å². The van der Waals surface area contributed by atoms with E-state index in [1.165, 1.54) is 28.5 Å². The van der Waals surface area contributed by atoms with Crippen molar-refractivity contribution in [1.82, 2.24) is 14.8 Å². The number of nitrogens with zero attached hydrogens (tertiary/aromatic N) is 2. The maximum absolute atomic E-state index is 10.5. The van der Waals surface area contributed by atoms with Crippen molar-refractivity contribution in [3.63, 3.8) is 0 Å². The van der Waals surface area contributed by atoms with Crippen LogP contribution in [0.25, 0.3) is 10.9 Å². The first kappa shape index (κ1) is 22.2. The molecular weight excluding hydrogens is 441 g/mol. The highest BCUT2D eigenvalue weighted by Crippen LogP contribution is 2.45. The molecule has 2 aromatic carbocycles. The Bertz CT molecular complexity index is 1130. The summed E-state index contributed by atoms with van der Waals surface area (Å²) in [5.74, 6) is 1.25. The molecule has 3 aromatic rings. The quantitative estimate of drug-likeness (QED) is 0.487. The van der Waals surface area contributed by atoms with Gasteiger partial charge >= 0.3 is 0 Å². The first-order valence-electron chi connectivity index (χ1n) is 11.5. The molecule has 5 rings (SSSR count). The van der Waals surface area contributed by atoms with Crippen LogP contribution in [0.3, 0.4) is 0 Å². The Balaban J connectivity index is 1.21. The molecule has 1 fully saturated rings. The Morgan fingerprint density at radius 3 is 2.81 bits per heavy atom. The van der Waals surface area contributed by atoms with Crippen LogP contribution < -0.4 is 5.32 Å². The molecule has 32 heavy (non-hydrogen) atoms. The van der Waals surface area contributed by atoms with Gasteiger partial charge in [0.1, 0.15) is 0 Å². The molecule has 1 aliphatic carbocycles. The van der Waals surface area contributed by atoms with Crippen LogP contribution in [-0.2, 0) is 13.5 Å². The van der Waals surface area contributed by atoms with Gasteiger partial charge in [-0.1, -0.05) is 41.4 Å². The molecule has 170 valence electrons. The number of rotatable bonds is 6. The maximum atomic E-state index is 10.5. The van der Waals surface area contributed by atoms with E-state index in [2.05, 4.69) is 53.3 Å². The minimum Gasteiger partial charge on any atom is -0.387 e. The van der Waals surface area contributed by atoms with Crippen molar-refractivity contribution >= 4 is 34.1 Å². The first-order chi connectivity index (χ1) is 15.4. The van der Waals surface area contributed by atoms with Crippen LogP contribution in [-0.4, -0.2) is 47.3 Å². The van der Waals surface area contributed by atoms with Gasteiger partial charge in [0.05, 0.1) is 16.1 Å². The number of aliphatic hydroxyl groups excluding tert-OH is 1. The van der Waals surface area contributed by atoms with Gasteiger partial charge in [0.15, 0.2) is 0 Å². The molecule has 1 aliphatic heterocycles. The lowest BCUT2D eigenvalue weighted by Crippen LogP contribution is -2.48. The smallest absolute Gasteiger partial charge is 0.0914 e. The molecule has 4 atom stereocenters. The number of likely N-dealkylation sites (N-methyl/N-ethyl adjacent to an activating group) is 1. The first-order valence-corrected chi connectivity index (χ1v) is 12.3. The summed E-state index contributed by atoms with van der Waals surface area (Å²) in [5.41, 5.74) is 5.19. The van der Waals surface area contributed by atoms with Gasteiger partial charge in [0.25, 0.3) is 0 Å². The second kappa shape index (κ2) is 9.00. The lowest BCUT2D eigenvalue weighted by atomic mass is 9.72. The van der Waals surface area contributed by atoms with Crippen LogP contribution in [0.15, 0.2) is 42.6 Å². The van der Waals surface area contributed by atoms with Gasteiger partial charge in [-0.15, -0.1) is 0 Å². The summed E-state index contributed by atoms with van der Waals surface area (Å²) >= 11 is 12.1. The maximum Gasteiger partial charge on any atom is 0.0914 e. The summed E-state index contributed by atoms with van der Waals surface area (Å²) in [6.45, 7) is 2.55. The van der Waals surface area contributed by atoms with Crippen molar-refractivity contribution in [3.8, 4) is 0 Å². The molecule has 4 nitrogen and oxygen atoms in total. The summed E-state index contributed by atoms with van der Waals surface area (Å²) in [6.07, 6.45) is 5.23. The molecule has 1 unspecified atom stereocenters. The molecular formula is C26H31Cl2N3O. The monoisotopic (exact) mass is 471 g/mol. The fourth-order valence-corrected chi connectivity index (χ4v) is 6.23. The molecule has 0 spiro atoms. The number of hydrogen-bond donors (Lipinski definition) is 2. The Labute approximate surface area is 200 Å². The fourth-order valence-electron chi connectivity index (χ4n) is 5.92. The third-order valence-electron chi connectivity index (χ3n) is 7.51. The van der Waals surface area contributed by atoms with Crippen molar-refractivity contribution in [2.75, 3.05) is 26.7 Å². The number of fused-ring (bicyclic) bond motifs is 2. The van der Waals surface area contributed by atoms with Crippen molar-refractivity contribution in [1.29, 1.82) is 0 Å². The highest BCUT2D eigenvalue weighted by molar-refractivity contribution is 6.42. The van der Waals surface area contributed by atoms with Gasteiger partial charge in [-0.25, -0.2) is 0 Å². The number of aromatic nitrogens is 1. The molecule has 0 radical (unpaired) electrons. The third kappa shape index (κ3) is 4.08. The zero-order valence-electron chi connectivity index (χ0n) is 18.7. The molecule has 1 aromatic heterocycles. The van der Waals surface area contributed by atoms with Gasteiger partial charge in [-0.3, -0.25) is 0 Å². The van der Waals surface area contributed by atoms with E-state index in [-0.39, 0.29) is 0 Å². The zero-order chi connectivity index (χ0) is 22.4. The summed E-state index contributed by atoms with van der Waals surface area (Å²) < 4.78 is 2.28. The standard InChI is InChI=1S/C26H31Cl2N3O/c1-30-14-16(8-9-29-13-25(32)17-6-7-21(27)22(28)11-17)10-20-19-4-3-5-23-26(19)18(12-24(20)30)15-31(23)2/h3-7,11,15-16,20,24-25,29,32H,8-10,12-14H2,1-2H3/t16-,20-,24-,25?/m1/s1. The van der Waals surface area contributed by atoms with E-state index in [1.807, 2.05) is 6.07 Å². The topological polar surface area (TPSA) is 40.4 Å². The average molecular weight is 472 g/mol. The van der Waals surface area contributed by atoms with Gasteiger partial charge in [0.2, 0.25) is 0 Å². The van der Waals surface area contributed by atoms with Crippen LogP contribution in [0.5, 0.6) is 0 Å². The molecule has 6 heteroatoms. The van der Waals surface area contributed by atoms with E-state index in [4.69, 9.17) is 23.2 Å². The number of halogens is 2. The van der Waals surface area contributed by atoms with E-state index in [9.17, 15) is 5.11 Å². The van der Waals surface area contributed by atoms with Crippen LogP contribution in [0.1, 0.15) is 41.6 Å². The van der Waals surface area contributed by atoms with Gasteiger partial charge in [0, 0.05) is 49.2 Å². The molecule has 0 saturated carbocycles. The van der Waals surface area contributed by atoms with Crippen molar-refractivity contribution in [2.24, 2.45) is 13.0 Å². The lowest BCUT2D eigenvalue weighted by Gasteiger charge is -2.45. The van der Waals surface area contributed by atoms with E-state index < -0.39 is 6.10 Å². The lowest BCUT2D eigenvalue weighted by molar-refractivity contribution is 0.106. The summed E-state index contributed by atoms with van der Waals surface area (Å²) in [6, 6.07) is 12.7. The summed E-state index contributed by atoms with van der Waals surface area (Å²) in [7, 11) is 4.45. The minimum atomic E-state index is -0.587. The predicted octanol–water partition coefficient (Wildman–Crippen LogP) is 5.16. The molecule has 0 bridgehead atoms. The second-order valence-corrected chi connectivity index (χ2v) is 10.4. The van der Waals surface area contributed by atoms with E-state index in [0.717, 1.165) is 31.5 Å². The number of benzene rings is 2. The second-order valence-electron chi connectivity index (χ2n) is 9.61. The number of nitrogens with one attached hydrogen (secondary N) is 1. The molecule has 2 aliphatic rings. The largest absolute Gasteiger partial charge is 0.387 e. The zero-order valence-corrected chi connectivity index (χ0v) is 20.2. The molecule has 2 heterocycles. The number of likely N-dealkylation sites (tertiary alicyclic amines) is 1. The van der Waals surface area contributed by atoms with E-state index in [1.54, 1.807) is 12.1 Å². The summed E-state index contributed by atoms with van der Waals surface area (Å²) in [5, 5.41) is 16.4. The van der Waals surface area contributed by atoms with Crippen LogP contribution >= 0.6 is 23.2 Å². The van der Waals surface area contributed by atoms with E-state index in [0.29, 0.717) is 34.5 Å². The van der Waals surface area contributed by atoms with Crippen molar-refractivity contribution in [2.45, 2.75) is 37.3 Å². The highest BCUT2D eigenvalue weighted by atomic mass is 35.5. The minimum absolute atomic E-state index is 0.479. The van der Waals surface area contributed by atoms with Crippen LogP contribution in [0.4, 0.5) is 0 Å². The Hall–Kier alpha value is -1.56. The SMILES string of the molecule is CN1C[C@H](CCNCC(O)c2ccc(Cl)c(Cl)c2)C[C@@H]2c3cccc4c3c(cn4C)C[C@H]21. The van der Waals surface area contributed by atoms with Gasteiger partial charge < -0.3 is 19.9 Å². The fraction of sp³-hybridized carbons (Fsp3) is 0.462. The average Bonchev–Trinajstić information content (AvgIpc) is 3.10. The van der Waals surface area contributed by atoms with Crippen molar-refractivity contribution < 1.29 is 5.11 Å². The molecule has 0 amide bonds. The normalized spacial score (nSPS) is 24.0. The van der Waals surface area contributed by atoms with Crippen LogP contribution in [0.2, 0.25) is 10.0 Å². The third-order valence-corrected chi connectivity index (χ3v) is 8.25. The number of aliphatic hydroxyl groups is 1. The number of aryl methyl sites for hydroxylation is 1. The number of piperidine rings is 1. The molecule has 1 saturated heterocycles. The Kier molecular flexibility index (Phi) is 6.26. The predicted molar refractivity (Wildman–Crippen MR) is 133 cm³/mol. The Morgan fingerprint density at radius 1 is 1.16 bits per heavy atom. The van der Waals surface area contributed by atoms with Crippen LogP contribution in [0, 0.1) is 5.92 Å². The summed E-state index contributed by atoms with van der Waals surface area (Å²) in [4.78, 5) is 2.58. The highest BCUT2D eigenvalue weighted by Gasteiger charge is 2.39. The molecule has 2 N–H and O–H groups in total. The Morgan fingerprint density at radius 2 is 2.00 bits per heavy atom. The number of hydrogen-bond acceptors (Lipinski definition) is 3. The van der Waals surface area contributed by atoms with E-state index >= 15 is 0 Å². The van der Waals surface area contributed by atoms with Crippen molar-refractivity contribution in [3.05, 3.63) is 69.3 Å². The van der Waals surface area contributed by atoms with Gasteiger partial charge in [-0.2, -0.15) is 0 Å².